The molecule has 1 heterocycles. The topological polar surface area (TPSA) is 52.3 Å². The van der Waals surface area contributed by atoms with Crippen molar-refractivity contribution in [1.82, 2.24) is 0 Å². The second-order valence-corrected chi connectivity index (χ2v) is 4.52. The summed E-state index contributed by atoms with van der Waals surface area (Å²) in [5.74, 6) is -0.535. The van der Waals surface area contributed by atoms with Crippen molar-refractivity contribution in [3.63, 3.8) is 0 Å². The Bertz CT molecular complexity index is 433. The van der Waals surface area contributed by atoms with Crippen LogP contribution in [0.5, 0.6) is 0 Å². The quantitative estimate of drug-likeness (QED) is 0.860. The summed E-state index contributed by atoms with van der Waals surface area (Å²) in [5.41, 5.74) is 7.44. The van der Waals surface area contributed by atoms with E-state index in [1.54, 1.807) is 6.07 Å². The SMILES string of the molecule is Cc1ccc(F)cc1CC(=O)C1COCC1N. The Morgan fingerprint density at radius 1 is 1.53 bits per heavy atom. The molecule has 2 unspecified atom stereocenters. The van der Waals surface area contributed by atoms with Gasteiger partial charge in [-0.25, -0.2) is 4.39 Å². The Morgan fingerprint density at radius 2 is 2.29 bits per heavy atom. The minimum Gasteiger partial charge on any atom is -0.379 e. The summed E-state index contributed by atoms with van der Waals surface area (Å²) >= 11 is 0. The minimum absolute atomic E-state index is 0.0312. The van der Waals surface area contributed by atoms with Crippen LogP contribution in [0.3, 0.4) is 0 Å². The average molecular weight is 237 g/mol. The van der Waals surface area contributed by atoms with Gasteiger partial charge in [0.1, 0.15) is 11.6 Å². The van der Waals surface area contributed by atoms with Gasteiger partial charge >= 0.3 is 0 Å². The lowest BCUT2D eigenvalue weighted by molar-refractivity contribution is -0.122. The Morgan fingerprint density at radius 3 is 2.94 bits per heavy atom. The van der Waals surface area contributed by atoms with E-state index >= 15 is 0 Å². The zero-order valence-corrected chi connectivity index (χ0v) is 9.78. The van der Waals surface area contributed by atoms with Crippen molar-refractivity contribution in [3.8, 4) is 0 Å². The lowest BCUT2D eigenvalue weighted by atomic mass is 9.93. The van der Waals surface area contributed by atoms with Gasteiger partial charge < -0.3 is 10.5 Å². The number of ether oxygens (including phenoxy) is 1. The van der Waals surface area contributed by atoms with Crippen molar-refractivity contribution >= 4 is 5.78 Å². The first kappa shape index (κ1) is 12.2. The maximum absolute atomic E-state index is 13.1. The van der Waals surface area contributed by atoms with E-state index < -0.39 is 0 Å². The molecular formula is C13H16FNO2. The maximum Gasteiger partial charge on any atom is 0.144 e. The highest BCUT2D eigenvalue weighted by molar-refractivity contribution is 5.84. The van der Waals surface area contributed by atoms with Gasteiger partial charge in [-0.15, -0.1) is 0 Å². The number of rotatable bonds is 3. The first-order valence-corrected chi connectivity index (χ1v) is 5.69. The van der Waals surface area contributed by atoms with Crippen LogP contribution in [0.4, 0.5) is 4.39 Å². The van der Waals surface area contributed by atoms with Gasteiger partial charge in [0, 0.05) is 12.5 Å². The molecule has 92 valence electrons. The van der Waals surface area contributed by atoms with Crippen molar-refractivity contribution in [2.75, 3.05) is 13.2 Å². The minimum atomic E-state index is -0.314. The van der Waals surface area contributed by atoms with E-state index in [2.05, 4.69) is 0 Å². The van der Waals surface area contributed by atoms with Crippen molar-refractivity contribution in [2.45, 2.75) is 19.4 Å². The van der Waals surface area contributed by atoms with Crippen LogP contribution in [0.1, 0.15) is 11.1 Å². The van der Waals surface area contributed by atoms with Crippen LogP contribution in [-0.4, -0.2) is 25.0 Å². The lowest BCUT2D eigenvalue weighted by Gasteiger charge is -2.12. The molecule has 1 aliphatic rings. The molecule has 3 nitrogen and oxygen atoms in total. The third-order valence-electron chi connectivity index (χ3n) is 3.21. The summed E-state index contributed by atoms with van der Waals surface area (Å²) in [6.45, 7) is 2.68. The zero-order valence-electron chi connectivity index (χ0n) is 9.78. The van der Waals surface area contributed by atoms with Crippen LogP contribution in [-0.2, 0) is 16.0 Å². The molecule has 1 aliphatic heterocycles. The molecule has 1 aromatic carbocycles. The monoisotopic (exact) mass is 237 g/mol. The number of benzene rings is 1. The fourth-order valence-electron chi connectivity index (χ4n) is 2.05. The molecule has 0 saturated carbocycles. The summed E-state index contributed by atoms with van der Waals surface area (Å²) in [6.07, 6.45) is 0.227. The highest BCUT2D eigenvalue weighted by Gasteiger charge is 2.31. The summed E-state index contributed by atoms with van der Waals surface area (Å²) in [4.78, 5) is 12.0. The van der Waals surface area contributed by atoms with E-state index in [0.29, 0.717) is 13.2 Å². The van der Waals surface area contributed by atoms with Gasteiger partial charge in [-0.3, -0.25) is 4.79 Å². The lowest BCUT2D eigenvalue weighted by Crippen LogP contribution is -2.35. The van der Waals surface area contributed by atoms with E-state index in [4.69, 9.17) is 10.5 Å². The number of carbonyl (C=O) groups excluding carboxylic acids is 1. The second-order valence-electron chi connectivity index (χ2n) is 4.52. The molecule has 0 aromatic heterocycles. The Balaban J connectivity index is 2.10. The maximum atomic E-state index is 13.1. The number of hydrogen-bond acceptors (Lipinski definition) is 3. The second kappa shape index (κ2) is 4.94. The molecule has 1 aromatic rings. The number of Topliss-reactive ketones (excluding diaryl/α,β-unsaturated/α-hetero) is 1. The van der Waals surface area contributed by atoms with Crippen LogP contribution in [0.2, 0.25) is 0 Å². The Kier molecular flexibility index (Phi) is 3.54. The van der Waals surface area contributed by atoms with Gasteiger partial charge in [-0.2, -0.15) is 0 Å². The number of halogens is 1. The van der Waals surface area contributed by atoms with Gasteiger partial charge in [0.15, 0.2) is 0 Å². The fourth-order valence-corrected chi connectivity index (χ4v) is 2.05. The van der Waals surface area contributed by atoms with Crippen molar-refractivity contribution in [1.29, 1.82) is 0 Å². The van der Waals surface area contributed by atoms with Gasteiger partial charge in [-0.1, -0.05) is 6.07 Å². The predicted molar refractivity (Wildman–Crippen MR) is 62.1 cm³/mol. The molecule has 2 rings (SSSR count). The van der Waals surface area contributed by atoms with Crippen molar-refractivity contribution in [2.24, 2.45) is 11.7 Å². The molecule has 1 saturated heterocycles. The molecule has 1 fully saturated rings. The smallest absolute Gasteiger partial charge is 0.144 e. The fraction of sp³-hybridized carbons (Fsp3) is 0.462. The van der Waals surface area contributed by atoms with Crippen LogP contribution in [0, 0.1) is 18.7 Å². The van der Waals surface area contributed by atoms with Gasteiger partial charge in [0.2, 0.25) is 0 Å². The van der Waals surface area contributed by atoms with Gasteiger partial charge in [0.05, 0.1) is 19.1 Å². The molecule has 0 amide bonds. The zero-order chi connectivity index (χ0) is 12.4. The van der Waals surface area contributed by atoms with Gasteiger partial charge in [0.25, 0.3) is 0 Å². The van der Waals surface area contributed by atoms with Gasteiger partial charge in [-0.05, 0) is 30.2 Å². The standard InChI is InChI=1S/C13H16FNO2/c1-8-2-3-10(14)4-9(8)5-13(16)11-6-17-7-12(11)15/h2-4,11-12H,5-7,15H2,1H3. The molecular weight excluding hydrogens is 221 g/mol. The summed E-state index contributed by atoms with van der Waals surface area (Å²) in [7, 11) is 0. The number of carbonyl (C=O) groups is 1. The normalized spacial score (nSPS) is 23.9. The molecule has 0 bridgehead atoms. The van der Waals surface area contributed by atoms with E-state index in [0.717, 1.165) is 11.1 Å². The van der Waals surface area contributed by atoms with E-state index in [-0.39, 0.29) is 30.0 Å². The molecule has 2 atom stereocenters. The van der Waals surface area contributed by atoms with E-state index in [9.17, 15) is 9.18 Å². The van der Waals surface area contributed by atoms with Crippen LogP contribution >= 0.6 is 0 Å². The number of ketones is 1. The number of nitrogens with two attached hydrogens (primary N) is 1. The van der Waals surface area contributed by atoms with Crippen LogP contribution in [0.25, 0.3) is 0 Å². The van der Waals surface area contributed by atoms with E-state index in [1.165, 1.54) is 12.1 Å². The first-order valence-electron chi connectivity index (χ1n) is 5.69. The number of aryl methyl sites for hydroxylation is 1. The van der Waals surface area contributed by atoms with Crippen molar-refractivity contribution in [3.05, 3.63) is 35.1 Å². The molecule has 0 spiro atoms. The largest absolute Gasteiger partial charge is 0.379 e. The molecule has 2 N–H and O–H groups in total. The molecule has 0 radical (unpaired) electrons. The van der Waals surface area contributed by atoms with Crippen molar-refractivity contribution < 1.29 is 13.9 Å². The molecule has 0 aliphatic carbocycles. The Labute approximate surface area is 99.8 Å². The highest BCUT2D eigenvalue weighted by atomic mass is 19.1. The van der Waals surface area contributed by atoms with E-state index in [1.807, 2.05) is 6.92 Å². The average Bonchev–Trinajstić information content (AvgIpc) is 2.70. The highest BCUT2D eigenvalue weighted by Crippen LogP contribution is 2.18. The summed E-state index contributed by atoms with van der Waals surface area (Å²) in [6, 6.07) is 4.27. The summed E-state index contributed by atoms with van der Waals surface area (Å²) < 4.78 is 18.3. The van der Waals surface area contributed by atoms with Crippen LogP contribution < -0.4 is 5.73 Å². The molecule has 17 heavy (non-hydrogen) atoms. The third kappa shape index (κ3) is 2.70. The predicted octanol–water partition coefficient (Wildman–Crippen LogP) is 1.22. The first-order chi connectivity index (χ1) is 8.08. The van der Waals surface area contributed by atoms with Crippen LogP contribution in [0.15, 0.2) is 18.2 Å². The molecule has 4 heteroatoms. The Hall–Kier alpha value is -1.26. The third-order valence-corrected chi connectivity index (χ3v) is 3.21. The number of hydrogen-bond donors (Lipinski definition) is 1. The summed E-state index contributed by atoms with van der Waals surface area (Å²) in [5, 5.41) is 0.